The summed E-state index contributed by atoms with van der Waals surface area (Å²) in [5.74, 6) is -0.237. The van der Waals surface area contributed by atoms with Crippen LogP contribution in [0.2, 0.25) is 0 Å². The van der Waals surface area contributed by atoms with Gasteiger partial charge in [0, 0.05) is 36.4 Å². The highest BCUT2D eigenvalue weighted by Gasteiger charge is 2.33. The molecule has 2 heterocycles. The largest absolute Gasteiger partial charge is 0.383 e. The van der Waals surface area contributed by atoms with E-state index in [9.17, 15) is 9.59 Å². The van der Waals surface area contributed by atoms with E-state index in [1.165, 1.54) is 4.88 Å². The molecule has 0 spiro atoms. The molecular weight excluding hydrogens is 276 g/mol. The van der Waals surface area contributed by atoms with Crippen molar-refractivity contribution in [3.8, 4) is 0 Å². The van der Waals surface area contributed by atoms with Crippen molar-refractivity contribution < 1.29 is 14.3 Å². The summed E-state index contributed by atoms with van der Waals surface area (Å²) in [7, 11) is 1.60. The summed E-state index contributed by atoms with van der Waals surface area (Å²) >= 11 is 1.68. The van der Waals surface area contributed by atoms with Gasteiger partial charge in [-0.05, 0) is 19.1 Å². The third-order valence-electron chi connectivity index (χ3n) is 3.38. The first-order valence-electron chi connectivity index (χ1n) is 6.70. The molecule has 2 rings (SSSR count). The van der Waals surface area contributed by atoms with E-state index in [0.717, 1.165) is 4.88 Å². The molecule has 0 radical (unpaired) electrons. The smallest absolute Gasteiger partial charge is 0.225 e. The van der Waals surface area contributed by atoms with Gasteiger partial charge in [-0.25, -0.2) is 0 Å². The maximum atomic E-state index is 12.1. The van der Waals surface area contributed by atoms with Crippen molar-refractivity contribution in [3.05, 3.63) is 21.9 Å². The molecule has 1 fully saturated rings. The highest BCUT2D eigenvalue weighted by molar-refractivity contribution is 7.11. The molecule has 110 valence electrons. The zero-order chi connectivity index (χ0) is 14.5. The SMILES string of the molecule is COCCN1C[C@@H](C(=O)NCc2ccc(C)s2)CC1=O. The van der Waals surface area contributed by atoms with Crippen LogP contribution in [-0.4, -0.2) is 43.5 Å². The second kappa shape index (κ2) is 6.85. The lowest BCUT2D eigenvalue weighted by atomic mass is 10.1. The molecule has 20 heavy (non-hydrogen) atoms. The van der Waals surface area contributed by atoms with Crippen LogP contribution in [0.4, 0.5) is 0 Å². The maximum absolute atomic E-state index is 12.1. The number of thiophene rings is 1. The number of amides is 2. The van der Waals surface area contributed by atoms with Crippen LogP contribution in [0.25, 0.3) is 0 Å². The molecule has 1 N–H and O–H groups in total. The van der Waals surface area contributed by atoms with E-state index < -0.39 is 0 Å². The first kappa shape index (κ1) is 15.0. The number of nitrogens with one attached hydrogen (secondary N) is 1. The van der Waals surface area contributed by atoms with Gasteiger partial charge in [-0.15, -0.1) is 11.3 Å². The summed E-state index contributed by atoms with van der Waals surface area (Å²) in [6, 6.07) is 4.06. The fraction of sp³-hybridized carbons (Fsp3) is 0.571. The standard InChI is InChI=1S/C14H20N2O3S/c1-10-3-4-12(20-10)8-15-14(18)11-7-13(17)16(9-11)5-6-19-2/h3-4,11H,5-9H2,1-2H3,(H,15,18)/t11-/m0/s1. The van der Waals surface area contributed by atoms with Crippen molar-refractivity contribution in [1.29, 1.82) is 0 Å². The normalized spacial score (nSPS) is 18.6. The Morgan fingerprint density at radius 2 is 2.35 bits per heavy atom. The zero-order valence-corrected chi connectivity index (χ0v) is 12.7. The molecule has 1 aliphatic rings. The quantitative estimate of drug-likeness (QED) is 0.857. The van der Waals surface area contributed by atoms with Crippen molar-refractivity contribution >= 4 is 23.2 Å². The lowest BCUT2D eigenvalue weighted by molar-refractivity contribution is -0.129. The fourth-order valence-corrected chi connectivity index (χ4v) is 3.09. The molecule has 0 bridgehead atoms. The Morgan fingerprint density at radius 1 is 1.55 bits per heavy atom. The lowest BCUT2D eigenvalue weighted by Crippen LogP contribution is -2.33. The number of aryl methyl sites for hydroxylation is 1. The number of carbonyl (C=O) groups excluding carboxylic acids is 2. The average molecular weight is 296 g/mol. The molecule has 1 aromatic rings. The summed E-state index contributed by atoms with van der Waals surface area (Å²) in [5, 5.41) is 2.91. The molecule has 1 atom stereocenters. The molecule has 0 aromatic carbocycles. The van der Waals surface area contributed by atoms with Crippen molar-refractivity contribution in [2.24, 2.45) is 5.92 Å². The number of methoxy groups -OCH3 is 1. The topological polar surface area (TPSA) is 58.6 Å². The summed E-state index contributed by atoms with van der Waals surface area (Å²) in [5.41, 5.74) is 0. The minimum absolute atomic E-state index is 0.0363. The Hall–Kier alpha value is -1.40. The number of hydrogen-bond donors (Lipinski definition) is 1. The first-order valence-corrected chi connectivity index (χ1v) is 7.51. The Balaban J connectivity index is 1.80. The number of ether oxygens (including phenoxy) is 1. The van der Waals surface area contributed by atoms with Gasteiger partial charge >= 0.3 is 0 Å². The van der Waals surface area contributed by atoms with Crippen LogP contribution in [0.3, 0.4) is 0 Å². The first-order chi connectivity index (χ1) is 9.60. The summed E-state index contributed by atoms with van der Waals surface area (Å²) in [4.78, 5) is 27.9. The van der Waals surface area contributed by atoms with Crippen LogP contribution in [0.15, 0.2) is 12.1 Å². The molecule has 0 saturated carbocycles. The number of nitrogens with zero attached hydrogens (tertiary/aromatic N) is 1. The van der Waals surface area contributed by atoms with Crippen molar-refractivity contribution in [2.75, 3.05) is 26.8 Å². The Kier molecular flexibility index (Phi) is 5.14. The van der Waals surface area contributed by atoms with Gasteiger partial charge < -0.3 is 15.0 Å². The Bertz CT molecular complexity index is 487. The van der Waals surface area contributed by atoms with E-state index in [2.05, 4.69) is 5.32 Å². The van der Waals surface area contributed by atoms with Crippen LogP contribution in [0.1, 0.15) is 16.2 Å². The molecule has 1 saturated heterocycles. The van der Waals surface area contributed by atoms with E-state index >= 15 is 0 Å². The minimum Gasteiger partial charge on any atom is -0.383 e. The van der Waals surface area contributed by atoms with Gasteiger partial charge in [0.2, 0.25) is 11.8 Å². The number of carbonyl (C=O) groups is 2. The van der Waals surface area contributed by atoms with Crippen molar-refractivity contribution in [2.45, 2.75) is 19.9 Å². The van der Waals surface area contributed by atoms with Crippen LogP contribution < -0.4 is 5.32 Å². The van der Waals surface area contributed by atoms with Gasteiger partial charge in [0.25, 0.3) is 0 Å². The van der Waals surface area contributed by atoms with Crippen LogP contribution in [0.5, 0.6) is 0 Å². The van der Waals surface area contributed by atoms with E-state index in [1.807, 2.05) is 19.1 Å². The Labute approximate surface area is 122 Å². The number of likely N-dealkylation sites (tertiary alicyclic amines) is 1. The van der Waals surface area contributed by atoms with Crippen molar-refractivity contribution in [1.82, 2.24) is 10.2 Å². The molecule has 1 aromatic heterocycles. The van der Waals surface area contributed by atoms with Crippen LogP contribution in [-0.2, 0) is 20.9 Å². The highest BCUT2D eigenvalue weighted by atomic mass is 32.1. The lowest BCUT2D eigenvalue weighted by Gasteiger charge is -2.15. The van der Waals surface area contributed by atoms with Gasteiger partial charge in [0.05, 0.1) is 19.1 Å². The van der Waals surface area contributed by atoms with E-state index in [0.29, 0.717) is 32.7 Å². The fourth-order valence-electron chi connectivity index (χ4n) is 2.26. The van der Waals surface area contributed by atoms with Crippen molar-refractivity contribution in [3.63, 3.8) is 0 Å². The molecular formula is C14H20N2O3S. The molecule has 6 heteroatoms. The van der Waals surface area contributed by atoms with E-state index in [-0.39, 0.29) is 17.7 Å². The summed E-state index contributed by atoms with van der Waals surface area (Å²) in [6.45, 7) is 4.15. The zero-order valence-electron chi connectivity index (χ0n) is 11.8. The van der Waals surface area contributed by atoms with Crippen LogP contribution in [0, 0.1) is 12.8 Å². The number of rotatable bonds is 6. The molecule has 0 unspecified atom stereocenters. The third-order valence-corrected chi connectivity index (χ3v) is 4.38. The van der Waals surface area contributed by atoms with Gasteiger partial charge in [-0.2, -0.15) is 0 Å². The van der Waals surface area contributed by atoms with E-state index in [4.69, 9.17) is 4.74 Å². The Morgan fingerprint density at radius 3 is 3.00 bits per heavy atom. The van der Waals surface area contributed by atoms with Gasteiger partial charge in [0.1, 0.15) is 0 Å². The highest BCUT2D eigenvalue weighted by Crippen LogP contribution is 2.19. The number of hydrogen-bond acceptors (Lipinski definition) is 4. The molecule has 5 nitrogen and oxygen atoms in total. The van der Waals surface area contributed by atoms with Gasteiger partial charge in [-0.3, -0.25) is 9.59 Å². The van der Waals surface area contributed by atoms with E-state index in [1.54, 1.807) is 23.3 Å². The predicted molar refractivity (Wildman–Crippen MR) is 77.5 cm³/mol. The average Bonchev–Trinajstić information content (AvgIpc) is 3.00. The monoisotopic (exact) mass is 296 g/mol. The second-order valence-electron chi connectivity index (χ2n) is 4.96. The second-order valence-corrected chi connectivity index (χ2v) is 6.34. The minimum atomic E-state index is -0.236. The molecule has 0 aliphatic carbocycles. The molecule has 1 aliphatic heterocycles. The maximum Gasteiger partial charge on any atom is 0.225 e. The third kappa shape index (κ3) is 3.80. The molecule has 2 amide bonds. The van der Waals surface area contributed by atoms with Crippen LogP contribution >= 0.6 is 11.3 Å². The summed E-state index contributed by atoms with van der Waals surface area (Å²) in [6.07, 6.45) is 0.305. The van der Waals surface area contributed by atoms with Gasteiger partial charge in [-0.1, -0.05) is 0 Å². The summed E-state index contributed by atoms with van der Waals surface area (Å²) < 4.78 is 4.96. The predicted octanol–water partition coefficient (Wildman–Crippen LogP) is 1.17. The van der Waals surface area contributed by atoms with Gasteiger partial charge in [0.15, 0.2) is 0 Å².